The van der Waals surface area contributed by atoms with E-state index in [9.17, 15) is 4.79 Å². The number of benzene rings is 1. The number of rotatable bonds is 6. The zero-order valence-electron chi connectivity index (χ0n) is 14.1. The predicted octanol–water partition coefficient (Wildman–Crippen LogP) is 3.66. The molecule has 4 heteroatoms. The van der Waals surface area contributed by atoms with Gasteiger partial charge in [-0.25, -0.2) is 4.58 Å². The standard InChI is InChI=1S/C19H25N2OS/c1-16(22)23-15-14-21-12-10-18(11-13-21)5-4-17-6-8-19(9-7-17)20(2)3/h4-10,12-13,18H,11,14-15H2,1-3H3/q+1/b5-4+. The average molecular weight is 329 g/mol. The third-order valence-electron chi connectivity index (χ3n) is 3.74. The van der Waals surface area contributed by atoms with Crippen LogP contribution in [0.1, 0.15) is 18.9 Å². The van der Waals surface area contributed by atoms with E-state index < -0.39 is 0 Å². The molecule has 23 heavy (non-hydrogen) atoms. The minimum atomic E-state index is 0.187. The summed E-state index contributed by atoms with van der Waals surface area (Å²) < 4.78 is 2.17. The van der Waals surface area contributed by atoms with Crippen molar-refractivity contribution in [3.8, 4) is 0 Å². The zero-order chi connectivity index (χ0) is 16.7. The summed E-state index contributed by atoms with van der Waals surface area (Å²) in [5.41, 5.74) is 2.44. The van der Waals surface area contributed by atoms with E-state index >= 15 is 0 Å². The van der Waals surface area contributed by atoms with Crippen molar-refractivity contribution < 1.29 is 9.37 Å². The van der Waals surface area contributed by atoms with Crippen molar-refractivity contribution in [2.24, 2.45) is 5.92 Å². The first kappa shape index (κ1) is 17.5. The smallest absolute Gasteiger partial charge is 0.186 e. The number of hydrogen-bond donors (Lipinski definition) is 0. The van der Waals surface area contributed by atoms with Crippen LogP contribution in [0.15, 0.2) is 42.6 Å². The summed E-state index contributed by atoms with van der Waals surface area (Å²) in [4.78, 5) is 13.0. The number of anilines is 1. The molecule has 0 saturated carbocycles. The third kappa shape index (κ3) is 6.06. The van der Waals surface area contributed by atoms with Gasteiger partial charge in [0.2, 0.25) is 0 Å². The summed E-state index contributed by atoms with van der Waals surface area (Å²) in [5.74, 6) is 1.29. The molecule has 1 aliphatic heterocycles. The molecule has 0 fully saturated rings. The third-order valence-corrected chi connectivity index (χ3v) is 4.53. The number of hydrogen-bond acceptors (Lipinski definition) is 3. The van der Waals surface area contributed by atoms with Gasteiger partial charge in [-0.15, -0.1) is 0 Å². The van der Waals surface area contributed by atoms with Crippen LogP contribution in [-0.4, -0.2) is 42.3 Å². The molecule has 0 aliphatic carbocycles. The molecule has 0 amide bonds. The first-order chi connectivity index (χ1) is 11.0. The van der Waals surface area contributed by atoms with E-state index in [-0.39, 0.29) is 5.12 Å². The van der Waals surface area contributed by atoms with Gasteiger partial charge in [0.25, 0.3) is 0 Å². The van der Waals surface area contributed by atoms with E-state index in [0.717, 1.165) is 18.7 Å². The Bertz CT molecular complexity index is 615. The predicted molar refractivity (Wildman–Crippen MR) is 101 cm³/mol. The van der Waals surface area contributed by atoms with Crippen molar-refractivity contribution in [3.05, 3.63) is 48.2 Å². The fraction of sp³-hybridized carbons (Fsp3) is 0.368. The lowest BCUT2D eigenvalue weighted by molar-refractivity contribution is -0.449. The number of carbonyl (C=O) groups excluding carboxylic acids is 1. The minimum Gasteiger partial charge on any atom is -0.378 e. The number of thioether (sulfide) groups is 1. The maximum Gasteiger partial charge on any atom is 0.186 e. The molecule has 0 spiro atoms. The molecule has 0 saturated heterocycles. The lowest BCUT2D eigenvalue weighted by atomic mass is 10.0. The van der Waals surface area contributed by atoms with Gasteiger partial charge < -0.3 is 4.90 Å². The van der Waals surface area contributed by atoms with E-state index in [1.54, 1.807) is 6.92 Å². The van der Waals surface area contributed by atoms with Crippen molar-refractivity contribution in [2.45, 2.75) is 13.3 Å². The van der Waals surface area contributed by atoms with Crippen molar-refractivity contribution in [3.63, 3.8) is 0 Å². The van der Waals surface area contributed by atoms with Crippen molar-refractivity contribution in [1.82, 2.24) is 0 Å². The first-order valence-electron chi connectivity index (χ1n) is 7.91. The van der Waals surface area contributed by atoms with Gasteiger partial charge in [-0.3, -0.25) is 4.79 Å². The lowest BCUT2D eigenvalue weighted by Crippen LogP contribution is -2.16. The second-order valence-electron chi connectivity index (χ2n) is 5.85. The molecule has 3 nitrogen and oxygen atoms in total. The maximum absolute atomic E-state index is 10.9. The molecule has 0 radical (unpaired) electrons. The summed E-state index contributed by atoms with van der Waals surface area (Å²) in [7, 11) is 4.10. The molecule has 1 aromatic rings. The van der Waals surface area contributed by atoms with E-state index in [1.165, 1.54) is 23.0 Å². The highest BCUT2D eigenvalue weighted by Gasteiger charge is 2.11. The molecule has 1 aliphatic rings. The highest BCUT2D eigenvalue weighted by atomic mass is 32.2. The average Bonchev–Trinajstić information content (AvgIpc) is 2.54. The Labute approximate surface area is 143 Å². The van der Waals surface area contributed by atoms with Gasteiger partial charge in [-0.05, 0) is 23.8 Å². The number of nitrogens with zero attached hydrogens (tertiary/aromatic N) is 2. The fourth-order valence-corrected chi connectivity index (χ4v) is 2.93. The van der Waals surface area contributed by atoms with Crippen molar-refractivity contribution in [2.75, 3.05) is 31.3 Å². The van der Waals surface area contributed by atoms with Gasteiger partial charge in [0, 0.05) is 39.0 Å². The monoisotopic (exact) mass is 329 g/mol. The van der Waals surface area contributed by atoms with E-state index in [0.29, 0.717) is 5.92 Å². The largest absolute Gasteiger partial charge is 0.378 e. The van der Waals surface area contributed by atoms with Crippen molar-refractivity contribution >= 4 is 34.9 Å². The van der Waals surface area contributed by atoms with Gasteiger partial charge in [0.1, 0.15) is 6.21 Å². The maximum atomic E-state index is 10.9. The highest BCUT2D eigenvalue weighted by molar-refractivity contribution is 8.13. The molecule has 0 bridgehead atoms. The molecule has 1 heterocycles. The van der Waals surface area contributed by atoms with E-state index in [1.807, 2.05) is 14.1 Å². The highest BCUT2D eigenvalue weighted by Crippen LogP contribution is 2.16. The number of allylic oxidation sites excluding steroid dienone is 2. The quantitative estimate of drug-likeness (QED) is 0.744. The first-order valence-corrected chi connectivity index (χ1v) is 8.89. The van der Waals surface area contributed by atoms with Gasteiger partial charge >= 0.3 is 0 Å². The van der Waals surface area contributed by atoms with Gasteiger partial charge in [-0.2, -0.15) is 0 Å². The fourth-order valence-electron chi connectivity index (χ4n) is 2.34. The Hall–Kier alpha value is -1.81. The molecular formula is C19H25N2OS+. The summed E-state index contributed by atoms with van der Waals surface area (Å²) in [6, 6.07) is 8.56. The second kappa shape index (κ2) is 8.73. The Morgan fingerprint density at radius 1 is 1.35 bits per heavy atom. The topological polar surface area (TPSA) is 23.3 Å². The SMILES string of the molecule is CC(=O)SCC[N+]1=CCC(/C=C/c2ccc(N(C)C)cc2)C=C1. The Morgan fingerprint density at radius 3 is 2.65 bits per heavy atom. The molecule has 1 aromatic carbocycles. The van der Waals surface area contributed by atoms with Crippen LogP contribution in [0, 0.1) is 5.92 Å². The Kier molecular flexibility index (Phi) is 6.66. The van der Waals surface area contributed by atoms with Crippen LogP contribution in [-0.2, 0) is 4.79 Å². The van der Waals surface area contributed by atoms with Crippen molar-refractivity contribution in [1.29, 1.82) is 0 Å². The summed E-state index contributed by atoms with van der Waals surface area (Å²) >= 11 is 1.38. The molecule has 1 unspecified atom stereocenters. The van der Waals surface area contributed by atoms with Crippen LogP contribution >= 0.6 is 11.8 Å². The molecule has 0 aromatic heterocycles. The number of carbonyl (C=O) groups is 1. The summed E-state index contributed by atoms with van der Waals surface area (Å²) in [6.45, 7) is 2.51. The Balaban J connectivity index is 1.82. The summed E-state index contributed by atoms with van der Waals surface area (Å²) in [5, 5.41) is 0.187. The molecule has 122 valence electrons. The van der Waals surface area contributed by atoms with E-state index in [4.69, 9.17) is 0 Å². The molecule has 1 atom stereocenters. The normalized spacial score (nSPS) is 17.3. The Morgan fingerprint density at radius 2 is 2.09 bits per heavy atom. The molecule has 0 N–H and O–H groups in total. The van der Waals surface area contributed by atoms with Crippen LogP contribution in [0.2, 0.25) is 0 Å². The van der Waals surface area contributed by atoms with Crippen LogP contribution in [0.3, 0.4) is 0 Å². The van der Waals surface area contributed by atoms with Gasteiger partial charge in [-0.1, -0.05) is 36.0 Å². The van der Waals surface area contributed by atoms with Crippen LogP contribution in [0.25, 0.3) is 6.08 Å². The zero-order valence-corrected chi connectivity index (χ0v) is 14.9. The van der Waals surface area contributed by atoms with Crippen LogP contribution in [0.5, 0.6) is 0 Å². The molecule has 2 rings (SSSR count). The minimum absolute atomic E-state index is 0.187. The van der Waals surface area contributed by atoms with Crippen LogP contribution in [0.4, 0.5) is 5.69 Å². The van der Waals surface area contributed by atoms with Gasteiger partial charge in [0.15, 0.2) is 17.9 Å². The van der Waals surface area contributed by atoms with E-state index in [2.05, 4.69) is 64.4 Å². The lowest BCUT2D eigenvalue weighted by Gasteiger charge is -2.12. The van der Waals surface area contributed by atoms with Gasteiger partial charge in [0.05, 0.1) is 5.75 Å². The van der Waals surface area contributed by atoms with Crippen LogP contribution < -0.4 is 4.90 Å². The summed E-state index contributed by atoms with van der Waals surface area (Å²) in [6.07, 6.45) is 12.0. The molecular weight excluding hydrogens is 304 g/mol. The second-order valence-corrected chi connectivity index (χ2v) is 7.12.